The summed E-state index contributed by atoms with van der Waals surface area (Å²) >= 11 is 0. The van der Waals surface area contributed by atoms with E-state index in [0.29, 0.717) is 23.5 Å². The van der Waals surface area contributed by atoms with Crippen molar-refractivity contribution in [1.29, 1.82) is 0 Å². The number of carbonyl (C=O) groups is 2. The topological polar surface area (TPSA) is 65.1 Å². The Bertz CT molecular complexity index is 879. The summed E-state index contributed by atoms with van der Waals surface area (Å²) in [6.45, 7) is 5.72. The third kappa shape index (κ3) is 4.93. The van der Waals surface area contributed by atoms with Crippen LogP contribution in [0.1, 0.15) is 26.3 Å². The van der Waals surface area contributed by atoms with E-state index in [-0.39, 0.29) is 13.2 Å². The number of hydrogen-bond donors (Lipinski definition) is 0. The van der Waals surface area contributed by atoms with Gasteiger partial charge in [-0.1, -0.05) is 24.1 Å². The number of hydrogen-bond acceptors (Lipinski definition) is 6. The van der Waals surface area contributed by atoms with E-state index in [1.165, 1.54) is 0 Å². The van der Waals surface area contributed by atoms with E-state index in [9.17, 15) is 9.59 Å². The molecule has 158 valence electrons. The first-order valence-corrected chi connectivity index (χ1v) is 9.87. The van der Waals surface area contributed by atoms with E-state index in [4.69, 9.17) is 14.2 Å². The third-order valence-corrected chi connectivity index (χ3v) is 4.41. The van der Waals surface area contributed by atoms with Gasteiger partial charge >= 0.3 is 11.9 Å². The van der Waals surface area contributed by atoms with Gasteiger partial charge in [-0.15, -0.1) is 0 Å². The maximum Gasteiger partial charge on any atom is 0.356 e. The molecule has 0 aliphatic heterocycles. The summed E-state index contributed by atoms with van der Waals surface area (Å²) in [4.78, 5) is 28.0. The molecule has 0 saturated carbocycles. The SMILES string of the molecule is CCOC(=O)C(C#Cc1ccccc1)(C(=O)OCC)N(CC)c1ccc(OC)cc1. The van der Waals surface area contributed by atoms with Gasteiger partial charge in [-0.3, -0.25) is 0 Å². The maximum absolute atomic E-state index is 13.2. The Morgan fingerprint density at radius 3 is 1.93 bits per heavy atom. The monoisotopic (exact) mass is 409 g/mol. The van der Waals surface area contributed by atoms with Crippen LogP contribution in [0.4, 0.5) is 5.69 Å². The number of anilines is 1. The number of ether oxygens (including phenoxy) is 3. The number of likely N-dealkylation sites (N-methyl/N-ethyl adjacent to an activating group) is 1. The Morgan fingerprint density at radius 2 is 1.47 bits per heavy atom. The highest BCUT2D eigenvalue weighted by Crippen LogP contribution is 2.29. The molecule has 0 aromatic heterocycles. The second-order valence-electron chi connectivity index (χ2n) is 6.21. The zero-order chi connectivity index (χ0) is 22.0. The minimum Gasteiger partial charge on any atom is -0.497 e. The maximum atomic E-state index is 13.2. The van der Waals surface area contributed by atoms with Crippen LogP contribution in [0.2, 0.25) is 0 Å². The Morgan fingerprint density at radius 1 is 0.900 bits per heavy atom. The molecule has 6 heteroatoms. The van der Waals surface area contributed by atoms with Gasteiger partial charge in [-0.25, -0.2) is 9.59 Å². The summed E-state index contributed by atoms with van der Waals surface area (Å²) < 4.78 is 15.8. The van der Waals surface area contributed by atoms with Crippen molar-refractivity contribution in [3.63, 3.8) is 0 Å². The number of methoxy groups -OCH3 is 1. The first-order valence-electron chi connectivity index (χ1n) is 9.87. The molecule has 0 spiro atoms. The molecule has 0 saturated heterocycles. The molecule has 0 radical (unpaired) electrons. The van der Waals surface area contributed by atoms with Gasteiger partial charge in [0.15, 0.2) is 0 Å². The molecule has 0 fully saturated rings. The lowest BCUT2D eigenvalue weighted by molar-refractivity contribution is -0.160. The zero-order valence-corrected chi connectivity index (χ0v) is 17.8. The minimum atomic E-state index is -1.95. The van der Waals surface area contributed by atoms with Gasteiger partial charge < -0.3 is 19.1 Å². The van der Waals surface area contributed by atoms with Gasteiger partial charge in [0.2, 0.25) is 0 Å². The quantitative estimate of drug-likeness (QED) is 0.378. The molecular weight excluding hydrogens is 382 g/mol. The van der Waals surface area contributed by atoms with Gasteiger partial charge in [-0.2, -0.15) is 0 Å². The molecule has 0 aliphatic rings. The molecule has 6 nitrogen and oxygen atoms in total. The lowest BCUT2D eigenvalue weighted by atomic mass is 9.95. The average Bonchev–Trinajstić information content (AvgIpc) is 2.78. The lowest BCUT2D eigenvalue weighted by Gasteiger charge is -2.37. The highest BCUT2D eigenvalue weighted by Gasteiger charge is 2.53. The fourth-order valence-electron chi connectivity index (χ4n) is 3.00. The smallest absolute Gasteiger partial charge is 0.356 e. The second-order valence-corrected chi connectivity index (χ2v) is 6.21. The summed E-state index contributed by atoms with van der Waals surface area (Å²) in [7, 11) is 1.57. The Hall–Kier alpha value is -3.46. The van der Waals surface area contributed by atoms with Crippen LogP contribution >= 0.6 is 0 Å². The second kappa shape index (κ2) is 10.9. The Kier molecular flexibility index (Phi) is 8.30. The van der Waals surface area contributed by atoms with Crippen molar-refractivity contribution >= 4 is 17.6 Å². The van der Waals surface area contributed by atoms with Gasteiger partial charge in [-0.05, 0) is 63.1 Å². The van der Waals surface area contributed by atoms with Crippen molar-refractivity contribution in [3.05, 3.63) is 60.2 Å². The largest absolute Gasteiger partial charge is 0.497 e. The number of benzene rings is 2. The molecule has 0 unspecified atom stereocenters. The first kappa shape index (κ1) is 22.8. The van der Waals surface area contributed by atoms with Crippen LogP contribution < -0.4 is 9.64 Å². The summed E-state index contributed by atoms with van der Waals surface area (Å²) in [5.74, 6) is 4.95. The minimum absolute atomic E-state index is 0.104. The molecule has 0 aliphatic carbocycles. The van der Waals surface area contributed by atoms with Crippen LogP contribution in [0.15, 0.2) is 54.6 Å². The van der Waals surface area contributed by atoms with Crippen LogP contribution in [-0.2, 0) is 19.1 Å². The van der Waals surface area contributed by atoms with Crippen molar-refractivity contribution in [2.45, 2.75) is 26.3 Å². The highest BCUT2D eigenvalue weighted by atomic mass is 16.6. The average molecular weight is 409 g/mol. The highest BCUT2D eigenvalue weighted by molar-refractivity contribution is 6.12. The van der Waals surface area contributed by atoms with Gasteiger partial charge in [0, 0.05) is 17.8 Å². The summed E-state index contributed by atoms with van der Waals surface area (Å²) in [5, 5.41) is 0. The van der Waals surface area contributed by atoms with Crippen LogP contribution in [0.25, 0.3) is 0 Å². The van der Waals surface area contributed by atoms with E-state index in [2.05, 4.69) is 11.8 Å². The van der Waals surface area contributed by atoms with E-state index < -0.39 is 17.5 Å². The molecule has 0 atom stereocenters. The molecule has 2 aromatic rings. The molecule has 2 rings (SSSR count). The number of nitrogens with zero attached hydrogens (tertiary/aromatic N) is 1. The van der Waals surface area contributed by atoms with E-state index >= 15 is 0 Å². The molecule has 0 amide bonds. The fourth-order valence-corrected chi connectivity index (χ4v) is 3.00. The van der Waals surface area contributed by atoms with Gasteiger partial charge in [0.1, 0.15) is 5.75 Å². The Labute approximate surface area is 177 Å². The van der Waals surface area contributed by atoms with E-state index in [1.807, 2.05) is 25.1 Å². The van der Waals surface area contributed by atoms with Crippen molar-refractivity contribution in [2.75, 3.05) is 31.8 Å². The predicted octanol–water partition coefficient (Wildman–Crippen LogP) is 3.44. The Balaban J connectivity index is 2.70. The fraction of sp³-hybridized carbons (Fsp3) is 0.333. The van der Waals surface area contributed by atoms with Crippen molar-refractivity contribution in [1.82, 2.24) is 0 Å². The summed E-state index contributed by atoms with van der Waals surface area (Å²) in [5.41, 5.74) is -0.673. The molecule has 0 heterocycles. The third-order valence-electron chi connectivity index (χ3n) is 4.41. The van der Waals surface area contributed by atoms with Crippen molar-refractivity contribution < 1.29 is 23.8 Å². The van der Waals surface area contributed by atoms with Crippen molar-refractivity contribution in [2.24, 2.45) is 0 Å². The standard InChI is InChI=1S/C24H27NO5/c1-5-25(20-13-15-21(28-4)16-14-20)24(22(26)29-6-2,23(27)30-7-3)18-17-19-11-9-8-10-12-19/h8-16H,5-7H2,1-4H3. The predicted molar refractivity (Wildman–Crippen MR) is 115 cm³/mol. The lowest BCUT2D eigenvalue weighted by Crippen LogP contribution is -2.61. The van der Waals surface area contributed by atoms with Crippen LogP contribution in [0.3, 0.4) is 0 Å². The molecule has 0 N–H and O–H groups in total. The normalized spacial score (nSPS) is 10.4. The number of carbonyl (C=O) groups excluding carboxylic acids is 2. The van der Waals surface area contributed by atoms with Crippen LogP contribution in [0, 0.1) is 11.8 Å². The number of rotatable bonds is 8. The van der Waals surface area contributed by atoms with E-state index in [0.717, 1.165) is 0 Å². The van der Waals surface area contributed by atoms with Crippen LogP contribution in [0.5, 0.6) is 5.75 Å². The molecule has 0 bridgehead atoms. The van der Waals surface area contributed by atoms with Crippen molar-refractivity contribution in [3.8, 4) is 17.6 Å². The molecular formula is C24H27NO5. The first-order chi connectivity index (χ1) is 14.5. The van der Waals surface area contributed by atoms with E-state index in [1.54, 1.807) is 62.3 Å². The number of esters is 2. The van der Waals surface area contributed by atoms with Crippen LogP contribution in [-0.4, -0.2) is 44.3 Å². The summed E-state index contributed by atoms with van der Waals surface area (Å²) in [6.07, 6.45) is 0. The zero-order valence-electron chi connectivity index (χ0n) is 17.8. The summed E-state index contributed by atoms with van der Waals surface area (Å²) in [6, 6.07) is 16.2. The van der Waals surface area contributed by atoms with Gasteiger partial charge in [0.25, 0.3) is 5.54 Å². The molecule has 30 heavy (non-hydrogen) atoms. The molecule has 2 aromatic carbocycles. The van der Waals surface area contributed by atoms with Gasteiger partial charge in [0.05, 0.1) is 20.3 Å².